The molecule has 0 bridgehead atoms. The van der Waals surface area contributed by atoms with Crippen LogP contribution in [0.1, 0.15) is 27.5 Å². The van der Waals surface area contributed by atoms with Crippen LogP contribution in [0.2, 0.25) is 0 Å². The quantitative estimate of drug-likeness (QED) is 0.427. The number of benzene rings is 2. The first-order valence-electron chi connectivity index (χ1n) is 9.92. The Hall–Kier alpha value is -4.14. The average molecular weight is 453 g/mol. The highest BCUT2D eigenvalue weighted by Crippen LogP contribution is 2.30. The average Bonchev–Trinajstić information content (AvgIpc) is 3.31. The molecule has 168 valence electrons. The zero-order chi connectivity index (χ0) is 23.6. The zero-order valence-corrected chi connectivity index (χ0v) is 17.4. The van der Waals surface area contributed by atoms with Crippen LogP contribution in [0.15, 0.2) is 88.3 Å². The van der Waals surface area contributed by atoms with Crippen LogP contribution in [0.4, 0.5) is 18.9 Å². The van der Waals surface area contributed by atoms with Gasteiger partial charge in [0.05, 0.1) is 24.1 Å². The first kappa shape index (κ1) is 22.1. The van der Waals surface area contributed by atoms with Gasteiger partial charge >= 0.3 is 6.18 Å². The fourth-order valence-corrected chi connectivity index (χ4v) is 3.35. The zero-order valence-electron chi connectivity index (χ0n) is 17.4. The summed E-state index contributed by atoms with van der Waals surface area (Å²) in [6.45, 7) is 1.56. The molecule has 33 heavy (non-hydrogen) atoms. The molecule has 2 heterocycles. The van der Waals surface area contributed by atoms with Crippen LogP contribution < -0.4 is 10.3 Å². The number of anilines is 1. The molecule has 0 aliphatic carbocycles. The summed E-state index contributed by atoms with van der Waals surface area (Å²) in [5, 5.41) is 4.16. The lowest BCUT2D eigenvalue weighted by atomic mass is 10.2. The van der Waals surface area contributed by atoms with Gasteiger partial charge < -0.3 is 4.42 Å². The molecule has 2 aromatic heterocycles. The fourth-order valence-electron chi connectivity index (χ4n) is 3.35. The van der Waals surface area contributed by atoms with Gasteiger partial charge in [-0.1, -0.05) is 24.3 Å². The standard InChI is InChI=1S/C24H18F3N3O3/c1-16-13-21(31)22(28-30(16)19-10-5-7-17(14-19)24(25,26)27)23(32)29(15-20-11-6-12-33-20)18-8-3-2-4-9-18/h2-14H,15H2,1H3. The molecule has 4 aromatic rings. The lowest BCUT2D eigenvalue weighted by molar-refractivity contribution is -0.137. The summed E-state index contributed by atoms with van der Waals surface area (Å²) < 4.78 is 46.0. The second kappa shape index (κ2) is 8.78. The van der Waals surface area contributed by atoms with Crippen LogP contribution in [0.5, 0.6) is 0 Å². The van der Waals surface area contributed by atoms with E-state index in [9.17, 15) is 22.8 Å². The Balaban J connectivity index is 1.79. The molecule has 0 atom stereocenters. The Morgan fingerprint density at radius 3 is 2.45 bits per heavy atom. The summed E-state index contributed by atoms with van der Waals surface area (Å²) in [5.74, 6) is -0.221. The maximum absolute atomic E-state index is 13.4. The van der Waals surface area contributed by atoms with Gasteiger partial charge in [-0.15, -0.1) is 0 Å². The van der Waals surface area contributed by atoms with Crippen LogP contribution in [-0.4, -0.2) is 15.7 Å². The van der Waals surface area contributed by atoms with Crippen molar-refractivity contribution in [2.45, 2.75) is 19.6 Å². The number of hydrogen-bond donors (Lipinski definition) is 0. The minimum atomic E-state index is -4.55. The highest BCUT2D eigenvalue weighted by atomic mass is 19.4. The van der Waals surface area contributed by atoms with Crippen molar-refractivity contribution in [2.24, 2.45) is 0 Å². The van der Waals surface area contributed by atoms with E-state index in [1.165, 1.54) is 36.3 Å². The van der Waals surface area contributed by atoms with Gasteiger partial charge in [-0.2, -0.15) is 18.3 Å². The number of furan rings is 1. The van der Waals surface area contributed by atoms with Crippen molar-refractivity contribution in [3.63, 3.8) is 0 Å². The van der Waals surface area contributed by atoms with Crippen molar-refractivity contribution in [1.82, 2.24) is 9.78 Å². The van der Waals surface area contributed by atoms with E-state index in [4.69, 9.17) is 4.42 Å². The molecule has 0 radical (unpaired) electrons. The van der Waals surface area contributed by atoms with Gasteiger partial charge in [0.1, 0.15) is 5.76 Å². The van der Waals surface area contributed by atoms with Gasteiger partial charge in [-0.25, -0.2) is 4.68 Å². The predicted octanol–water partition coefficient (Wildman–Crippen LogP) is 5.00. The third kappa shape index (κ3) is 4.72. The number of carbonyl (C=O) groups is 1. The summed E-state index contributed by atoms with van der Waals surface area (Å²) in [7, 11) is 0. The smallest absolute Gasteiger partial charge is 0.416 e. The first-order valence-corrected chi connectivity index (χ1v) is 9.92. The highest BCUT2D eigenvalue weighted by Gasteiger charge is 2.31. The van der Waals surface area contributed by atoms with Crippen LogP contribution in [0.3, 0.4) is 0 Å². The first-order chi connectivity index (χ1) is 15.7. The van der Waals surface area contributed by atoms with Gasteiger partial charge in [0.2, 0.25) is 5.43 Å². The minimum Gasteiger partial charge on any atom is -0.467 e. The second-order valence-electron chi connectivity index (χ2n) is 7.26. The van der Waals surface area contributed by atoms with E-state index in [2.05, 4.69) is 5.10 Å². The fraction of sp³-hybridized carbons (Fsp3) is 0.125. The Morgan fingerprint density at radius 2 is 1.79 bits per heavy atom. The lowest BCUT2D eigenvalue weighted by Gasteiger charge is -2.22. The number of halogens is 3. The molecule has 0 unspecified atom stereocenters. The van der Waals surface area contributed by atoms with Crippen molar-refractivity contribution in [2.75, 3.05) is 4.90 Å². The number of aromatic nitrogens is 2. The molecule has 0 saturated heterocycles. The summed E-state index contributed by atoms with van der Waals surface area (Å²) >= 11 is 0. The number of aryl methyl sites for hydroxylation is 1. The Labute approximate surface area is 186 Å². The number of para-hydroxylation sites is 1. The molecule has 0 saturated carbocycles. The minimum absolute atomic E-state index is 0.0361. The third-order valence-electron chi connectivity index (χ3n) is 4.94. The van der Waals surface area contributed by atoms with Gasteiger partial charge in [-0.3, -0.25) is 14.5 Å². The number of carbonyl (C=O) groups excluding carboxylic acids is 1. The third-order valence-corrected chi connectivity index (χ3v) is 4.94. The van der Waals surface area contributed by atoms with E-state index in [0.29, 0.717) is 11.4 Å². The maximum atomic E-state index is 13.4. The predicted molar refractivity (Wildman–Crippen MR) is 115 cm³/mol. The summed E-state index contributed by atoms with van der Waals surface area (Å²) in [6.07, 6.45) is -3.08. The van der Waals surface area contributed by atoms with E-state index in [1.807, 2.05) is 0 Å². The van der Waals surface area contributed by atoms with Crippen LogP contribution >= 0.6 is 0 Å². The van der Waals surface area contributed by atoms with Gasteiger partial charge in [0.25, 0.3) is 5.91 Å². The maximum Gasteiger partial charge on any atom is 0.416 e. The molecule has 6 nitrogen and oxygen atoms in total. The highest BCUT2D eigenvalue weighted by molar-refractivity contribution is 6.04. The van der Waals surface area contributed by atoms with Crippen molar-refractivity contribution >= 4 is 11.6 Å². The molecule has 9 heteroatoms. The largest absolute Gasteiger partial charge is 0.467 e. The number of nitrogens with zero attached hydrogens (tertiary/aromatic N) is 3. The van der Waals surface area contributed by atoms with E-state index in [0.717, 1.165) is 16.8 Å². The SMILES string of the molecule is Cc1cc(=O)c(C(=O)N(Cc2ccco2)c2ccccc2)nn1-c1cccc(C(F)(F)F)c1. The van der Waals surface area contributed by atoms with Crippen molar-refractivity contribution in [3.05, 3.63) is 112 Å². The number of hydrogen-bond acceptors (Lipinski definition) is 4. The van der Waals surface area contributed by atoms with Crippen LogP contribution in [0, 0.1) is 6.92 Å². The molecular weight excluding hydrogens is 435 g/mol. The summed E-state index contributed by atoms with van der Waals surface area (Å²) in [4.78, 5) is 27.5. The molecule has 2 aromatic carbocycles. The van der Waals surface area contributed by atoms with E-state index < -0.39 is 28.8 Å². The van der Waals surface area contributed by atoms with Gasteiger partial charge in [-0.05, 0) is 49.4 Å². The molecule has 0 aliphatic heterocycles. The molecular formula is C24H18F3N3O3. The van der Waals surface area contributed by atoms with Crippen LogP contribution in [-0.2, 0) is 12.7 Å². The molecule has 0 spiro atoms. The summed E-state index contributed by atoms with van der Waals surface area (Å²) in [5.41, 5.74) is -1.06. The molecule has 0 fully saturated rings. The van der Waals surface area contributed by atoms with Crippen LogP contribution in [0.25, 0.3) is 5.69 Å². The monoisotopic (exact) mass is 453 g/mol. The molecule has 0 aliphatic rings. The molecule has 0 N–H and O–H groups in total. The molecule has 1 amide bonds. The van der Waals surface area contributed by atoms with Crippen molar-refractivity contribution < 1.29 is 22.4 Å². The summed E-state index contributed by atoms with van der Waals surface area (Å²) in [6, 6.07) is 17.7. The van der Waals surface area contributed by atoms with E-state index in [-0.39, 0.29) is 17.9 Å². The Kier molecular flexibility index (Phi) is 5.87. The molecule has 4 rings (SSSR count). The van der Waals surface area contributed by atoms with E-state index >= 15 is 0 Å². The Morgan fingerprint density at radius 1 is 1.03 bits per heavy atom. The van der Waals surface area contributed by atoms with Crippen molar-refractivity contribution in [3.8, 4) is 5.69 Å². The number of alkyl halides is 3. The number of rotatable bonds is 5. The second-order valence-corrected chi connectivity index (χ2v) is 7.26. The van der Waals surface area contributed by atoms with Gasteiger partial charge in [0.15, 0.2) is 5.69 Å². The Bertz CT molecular complexity index is 1330. The normalized spacial score (nSPS) is 11.4. The number of amides is 1. The van der Waals surface area contributed by atoms with Crippen molar-refractivity contribution in [1.29, 1.82) is 0 Å². The van der Waals surface area contributed by atoms with Gasteiger partial charge in [0, 0.05) is 17.4 Å². The topological polar surface area (TPSA) is 68.3 Å². The lowest BCUT2D eigenvalue weighted by Crippen LogP contribution is -2.36. The van der Waals surface area contributed by atoms with E-state index in [1.54, 1.807) is 42.5 Å².